The summed E-state index contributed by atoms with van der Waals surface area (Å²) in [7, 11) is 0. The lowest BCUT2D eigenvalue weighted by Crippen LogP contribution is -2.07. The van der Waals surface area contributed by atoms with Gasteiger partial charge in [0.15, 0.2) is 0 Å². The zero-order chi connectivity index (χ0) is 12.1. The largest absolute Gasteiger partial charge is 0.542 e. The Kier molecular flexibility index (Phi) is 3.75. The smallest absolute Gasteiger partial charge is 0.375 e. The van der Waals surface area contributed by atoms with Crippen molar-refractivity contribution in [3.8, 4) is 0 Å². The van der Waals surface area contributed by atoms with E-state index in [2.05, 4.69) is 28.7 Å². The molecule has 0 fully saturated rings. The van der Waals surface area contributed by atoms with Gasteiger partial charge in [-0.1, -0.05) is 43.7 Å². The van der Waals surface area contributed by atoms with Crippen LogP contribution < -0.4 is 5.82 Å². The van der Waals surface area contributed by atoms with Gasteiger partial charge >= 0.3 is 5.82 Å². The van der Waals surface area contributed by atoms with Gasteiger partial charge in [-0.2, -0.15) is 0 Å². The molecule has 17 heavy (non-hydrogen) atoms. The van der Waals surface area contributed by atoms with Crippen molar-refractivity contribution in [3.05, 3.63) is 52.4 Å². The Hall–Kier alpha value is -1.84. The number of aromatic nitrogens is 1. The fourth-order valence-electron chi connectivity index (χ4n) is 1.86. The molecule has 0 amide bonds. The summed E-state index contributed by atoms with van der Waals surface area (Å²) >= 11 is 0. The molecule has 0 aliphatic carbocycles. The van der Waals surface area contributed by atoms with E-state index in [0.29, 0.717) is 18.2 Å². The number of hydrogen-bond donors (Lipinski definition) is 0. The van der Waals surface area contributed by atoms with Crippen molar-refractivity contribution in [2.24, 2.45) is 5.92 Å². The lowest BCUT2D eigenvalue weighted by Gasteiger charge is -2.11. The van der Waals surface area contributed by atoms with Crippen LogP contribution >= 0.6 is 0 Å². The van der Waals surface area contributed by atoms with Gasteiger partial charge in [-0.25, -0.2) is 4.79 Å². The molecule has 1 atom stereocenters. The second-order valence-corrected chi connectivity index (χ2v) is 4.10. The van der Waals surface area contributed by atoms with Crippen LogP contribution in [0.5, 0.6) is 0 Å². The average Bonchev–Trinajstić information content (AvgIpc) is 2.75. The van der Waals surface area contributed by atoms with E-state index in [9.17, 15) is 4.79 Å². The van der Waals surface area contributed by atoms with Gasteiger partial charge in [-0.05, 0) is 23.1 Å². The molecule has 4 nitrogen and oxygen atoms in total. The number of rotatable bonds is 5. The first-order chi connectivity index (χ1) is 8.28. The fraction of sp³-hybridized carbons (Fsp3) is 0.385. The molecule has 1 unspecified atom stereocenters. The number of nitrogens with zero attached hydrogens (tertiary/aromatic N) is 1. The summed E-state index contributed by atoms with van der Waals surface area (Å²) in [5, 5.41) is 3.59. The van der Waals surface area contributed by atoms with Crippen molar-refractivity contribution < 1.29 is 8.94 Å². The predicted molar refractivity (Wildman–Crippen MR) is 62.7 cm³/mol. The Labute approximate surface area is 99.2 Å². The highest BCUT2D eigenvalue weighted by molar-refractivity contribution is 5.15. The van der Waals surface area contributed by atoms with Gasteiger partial charge in [-0.3, -0.25) is 4.52 Å². The number of benzene rings is 1. The van der Waals surface area contributed by atoms with Crippen LogP contribution in [0.25, 0.3) is 0 Å². The molecule has 90 valence electrons. The maximum absolute atomic E-state index is 10.7. The quantitative estimate of drug-likeness (QED) is 0.795. The summed E-state index contributed by atoms with van der Waals surface area (Å²) in [5.74, 6) is 0.0676. The Morgan fingerprint density at radius 2 is 2.00 bits per heavy atom. The van der Waals surface area contributed by atoms with E-state index in [1.807, 2.05) is 18.2 Å². The molecule has 2 aromatic rings. The van der Waals surface area contributed by atoms with E-state index >= 15 is 0 Å². The summed E-state index contributed by atoms with van der Waals surface area (Å²) in [5.41, 5.74) is 1.28. The molecule has 0 saturated carbocycles. The first kappa shape index (κ1) is 11.6. The highest BCUT2D eigenvalue weighted by atomic mass is 16.6. The van der Waals surface area contributed by atoms with Gasteiger partial charge in [0.1, 0.15) is 0 Å². The molecule has 0 N–H and O–H groups in total. The summed E-state index contributed by atoms with van der Waals surface area (Å²) in [6, 6.07) is 10.3. The molecule has 2 rings (SSSR count). The van der Waals surface area contributed by atoms with E-state index < -0.39 is 5.82 Å². The van der Waals surface area contributed by atoms with Gasteiger partial charge < -0.3 is 4.42 Å². The minimum Gasteiger partial charge on any atom is -0.375 e. The van der Waals surface area contributed by atoms with Gasteiger partial charge in [0, 0.05) is 6.42 Å². The standard InChI is InChI=1S/C13H15NO3/c1-2-10(8-11-6-4-3-5-7-11)9-12-14-17-13(15)16-12/h3-7,10H,2,8-9H2,1H3. The molecular weight excluding hydrogens is 218 g/mol. The van der Waals surface area contributed by atoms with Crippen LogP contribution in [0, 0.1) is 5.92 Å². The monoisotopic (exact) mass is 233 g/mol. The molecule has 0 aliphatic heterocycles. The fourth-order valence-corrected chi connectivity index (χ4v) is 1.86. The Bertz CT molecular complexity index is 501. The first-order valence-electron chi connectivity index (χ1n) is 5.77. The van der Waals surface area contributed by atoms with Crippen molar-refractivity contribution in [1.29, 1.82) is 0 Å². The Morgan fingerprint density at radius 3 is 2.59 bits per heavy atom. The minimum absolute atomic E-state index is 0.387. The molecule has 1 aromatic heterocycles. The van der Waals surface area contributed by atoms with E-state index in [0.717, 1.165) is 12.8 Å². The second-order valence-electron chi connectivity index (χ2n) is 4.10. The van der Waals surface area contributed by atoms with E-state index in [1.165, 1.54) is 5.56 Å². The first-order valence-corrected chi connectivity index (χ1v) is 5.77. The topological polar surface area (TPSA) is 56.2 Å². The Morgan fingerprint density at radius 1 is 1.24 bits per heavy atom. The lowest BCUT2D eigenvalue weighted by atomic mass is 9.94. The van der Waals surface area contributed by atoms with Crippen molar-refractivity contribution >= 4 is 0 Å². The zero-order valence-electron chi connectivity index (χ0n) is 9.76. The van der Waals surface area contributed by atoms with E-state index in [4.69, 9.17) is 4.42 Å². The SMILES string of the molecule is CCC(Cc1ccccc1)Cc1noc(=O)o1. The van der Waals surface area contributed by atoms with Crippen molar-refractivity contribution in [1.82, 2.24) is 5.16 Å². The van der Waals surface area contributed by atoms with Crippen molar-refractivity contribution in [2.45, 2.75) is 26.2 Å². The zero-order valence-corrected chi connectivity index (χ0v) is 9.76. The van der Waals surface area contributed by atoms with E-state index in [1.54, 1.807) is 0 Å². The highest BCUT2D eigenvalue weighted by Crippen LogP contribution is 2.16. The third-order valence-electron chi connectivity index (χ3n) is 2.83. The highest BCUT2D eigenvalue weighted by Gasteiger charge is 2.13. The van der Waals surface area contributed by atoms with Gasteiger partial charge in [0.2, 0.25) is 5.89 Å². The molecule has 0 aliphatic rings. The van der Waals surface area contributed by atoms with Gasteiger partial charge in [0.05, 0.1) is 0 Å². The van der Waals surface area contributed by atoms with Crippen LogP contribution in [-0.2, 0) is 12.8 Å². The third-order valence-corrected chi connectivity index (χ3v) is 2.83. The van der Waals surface area contributed by atoms with Crippen LogP contribution in [0.2, 0.25) is 0 Å². The van der Waals surface area contributed by atoms with Crippen LogP contribution in [0.4, 0.5) is 0 Å². The average molecular weight is 233 g/mol. The van der Waals surface area contributed by atoms with Crippen molar-refractivity contribution in [3.63, 3.8) is 0 Å². The molecule has 0 spiro atoms. The van der Waals surface area contributed by atoms with Crippen molar-refractivity contribution in [2.75, 3.05) is 0 Å². The third kappa shape index (κ3) is 3.31. The van der Waals surface area contributed by atoms with Crippen LogP contribution in [0.1, 0.15) is 24.8 Å². The normalized spacial score (nSPS) is 12.5. The van der Waals surface area contributed by atoms with Gasteiger partial charge in [0.25, 0.3) is 0 Å². The number of hydrogen-bond acceptors (Lipinski definition) is 4. The molecule has 0 saturated heterocycles. The summed E-state index contributed by atoms with van der Waals surface area (Å²) in [4.78, 5) is 10.7. The van der Waals surface area contributed by atoms with Gasteiger partial charge in [-0.15, -0.1) is 0 Å². The maximum Gasteiger partial charge on any atom is 0.542 e. The summed E-state index contributed by atoms with van der Waals surface area (Å²) in [6.45, 7) is 2.12. The van der Waals surface area contributed by atoms with Crippen LogP contribution in [0.15, 0.2) is 44.1 Å². The Balaban J connectivity index is 2.00. The predicted octanol–water partition coefficient (Wildman–Crippen LogP) is 2.44. The molecule has 1 heterocycles. The molecule has 1 aromatic carbocycles. The lowest BCUT2D eigenvalue weighted by molar-refractivity contribution is 0.333. The molecule has 4 heteroatoms. The van der Waals surface area contributed by atoms with Crippen LogP contribution in [-0.4, -0.2) is 5.16 Å². The maximum atomic E-state index is 10.7. The van der Waals surface area contributed by atoms with Crippen LogP contribution in [0.3, 0.4) is 0 Å². The summed E-state index contributed by atoms with van der Waals surface area (Å²) in [6.07, 6.45) is 2.59. The minimum atomic E-state index is -0.727. The molecular formula is C13H15NO3. The summed E-state index contributed by atoms with van der Waals surface area (Å²) < 4.78 is 9.21. The van der Waals surface area contributed by atoms with E-state index in [-0.39, 0.29) is 0 Å². The molecule has 0 bridgehead atoms. The molecule has 0 radical (unpaired) electrons. The second kappa shape index (κ2) is 5.48.